The molecule has 0 spiro atoms. The number of aryl methyl sites for hydroxylation is 2. The molecule has 17 heavy (non-hydrogen) atoms. The minimum Gasteiger partial charge on any atom is -0.337 e. The van der Waals surface area contributed by atoms with E-state index in [9.17, 15) is 4.79 Å². The SMILES string of the molecule is CCc1cc(C(=O)N2CCC(CN)C2)n(C)n1. The molecule has 1 aliphatic heterocycles. The van der Waals surface area contributed by atoms with Gasteiger partial charge in [-0.25, -0.2) is 0 Å². The molecule has 5 heteroatoms. The summed E-state index contributed by atoms with van der Waals surface area (Å²) in [5.41, 5.74) is 7.28. The molecule has 2 N–H and O–H groups in total. The molecular weight excluding hydrogens is 216 g/mol. The Bertz CT molecular complexity index is 413. The molecule has 5 nitrogen and oxygen atoms in total. The smallest absolute Gasteiger partial charge is 0.272 e. The lowest BCUT2D eigenvalue weighted by Crippen LogP contribution is -2.31. The van der Waals surface area contributed by atoms with Gasteiger partial charge >= 0.3 is 0 Å². The van der Waals surface area contributed by atoms with Crippen LogP contribution >= 0.6 is 0 Å². The second-order valence-electron chi connectivity index (χ2n) is 4.64. The molecule has 0 saturated carbocycles. The van der Waals surface area contributed by atoms with E-state index in [0.717, 1.165) is 31.6 Å². The van der Waals surface area contributed by atoms with E-state index in [1.54, 1.807) is 4.68 Å². The van der Waals surface area contributed by atoms with E-state index in [1.807, 2.05) is 24.9 Å². The maximum atomic E-state index is 12.3. The summed E-state index contributed by atoms with van der Waals surface area (Å²) in [6.45, 7) is 4.29. The summed E-state index contributed by atoms with van der Waals surface area (Å²) in [5.74, 6) is 0.536. The molecule has 2 heterocycles. The van der Waals surface area contributed by atoms with Crippen molar-refractivity contribution in [3.05, 3.63) is 17.5 Å². The van der Waals surface area contributed by atoms with Crippen molar-refractivity contribution < 1.29 is 4.79 Å². The van der Waals surface area contributed by atoms with E-state index in [-0.39, 0.29) is 5.91 Å². The van der Waals surface area contributed by atoms with Crippen LogP contribution in [0.5, 0.6) is 0 Å². The van der Waals surface area contributed by atoms with E-state index in [4.69, 9.17) is 5.73 Å². The number of aromatic nitrogens is 2. The zero-order valence-corrected chi connectivity index (χ0v) is 10.5. The van der Waals surface area contributed by atoms with Crippen LogP contribution < -0.4 is 5.73 Å². The van der Waals surface area contributed by atoms with Gasteiger partial charge in [0.05, 0.1) is 5.69 Å². The minimum absolute atomic E-state index is 0.0793. The summed E-state index contributed by atoms with van der Waals surface area (Å²) < 4.78 is 1.68. The number of amides is 1. The predicted octanol–water partition coefficient (Wildman–Crippen LogP) is 0.403. The van der Waals surface area contributed by atoms with Gasteiger partial charge < -0.3 is 10.6 Å². The van der Waals surface area contributed by atoms with Gasteiger partial charge in [-0.3, -0.25) is 9.48 Å². The van der Waals surface area contributed by atoms with Crippen molar-refractivity contribution in [2.75, 3.05) is 19.6 Å². The fraction of sp³-hybridized carbons (Fsp3) is 0.667. The van der Waals surface area contributed by atoms with E-state index in [1.165, 1.54) is 0 Å². The Balaban J connectivity index is 2.11. The molecule has 1 atom stereocenters. The highest BCUT2D eigenvalue weighted by atomic mass is 16.2. The highest BCUT2D eigenvalue weighted by molar-refractivity contribution is 5.92. The largest absolute Gasteiger partial charge is 0.337 e. The topological polar surface area (TPSA) is 64.2 Å². The molecule has 2 rings (SSSR count). The maximum Gasteiger partial charge on any atom is 0.272 e. The van der Waals surface area contributed by atoms with E-state index in [2.05, 4.69) is 5.10 Å². The van der Waals surface area contributed by atoms with Crippen molar-refractivity contribution in [1.29, 1.82) is 0 Å². The van der Waals surface area contributed by atoms with E-state index >= 15 is 0 Å². The van der Waals surface area contributed by atoms with Crippen LogP contribution in [0.15, 0.2) is 6.07 Å². The third-order valence-corrected chi connectivity index (χ3v) is 3.42. The Kier molecular flexibility index (Phi) is 3.47. The molecule has 1 aromatic heterocycles. The molecule has 0 aromatic carbocycles. The minimum atomic E-state index is 0.0793. The van der Waals surface area contributed by atoms with Crippen LogP contribution in [0.25, 0.3) is 0 Å². The van der Waals surface area contributed by atoms with Crippen molar-refractivity contribution >= 4 is 5.91 Å². The van der Waals surface area contributed by atoms with Gasteiger partial charge in [0, 0.05) is 20.1 Å². The van der Waals surface area contributed by atoms with E-state index in [0.29, 0.717) is 18.2 Å². The standard InChI is InChI=1S/C12H20N4O/c1-3-10-6-11(15(2)14-10)12(17)16-5-4-9(7-13)8-16/h6,9H,3-5,7-8,13H2,1-2H3. The Hall–Kier alpha value is -1.36. The molecule has 1 amide bonds. The lowest BCUT2D eigenvalue weighted by molar-refractivity contribution is 0.0777. The van der Waals surface area contributed by atoms with Crippen LogP contribution in [-0.2, 0) is 13.5 Å². The molecule has 1 unspecified atom stereocenters. The summed E-state index contributed by atoms with van der Waals surface area (Å²) in [4.78, 5) is 14.2. The number of hydrogen-bond donors (Lipinski definition) is 1. The quantitative estimate of drug-likeness (QED) is 0.826. The van der Waals surface area contributed by atoms with Gasteiger partial charge in [-0.1, -0.05) is 6.92 Å². The Morgan fingerprint density at radius 3 is 2.94 bits per heavy atom. The second kappa shape index (κ2) is 4.87. The van der Waals surface area contributed by atoms with E-state index < -0.39 is 0 Å². The average molecular weight is 236 g/mol. The zero-order chi connectivity index (χ0) is 12.4. The molecule has 1 fully saturated rings. The number of nitrogens with two attached hydrogens (primary N) is 1. The molecule has 0 aliphatic carbocycles. The molecule has 1 aliphatic rings. The van der Waals surface area contributed by atoms with Crippen LogP contribution in [0.4, 0.5) is 0 Å². The third-order valence-electron chi connectivity index (χ3n) is 3.42. The van der Waals surface area contributed by atoms with Crippen molar-refractivity contribution in [3.63, 3.8) is 0 Å². The summed E-state index contributed by atoms with van der Waals surface area (Å²) in [5, 5.41) is 4.31. The Morgan fingerprint density at radius 1 is 1.65 bits per heavy atom. The fourth-order valence-corrected chi connectivity index (χ4v) is 2.27. The molecule has 0 bridgehead atoms. The number of nitrogens with zero attached hydrogens (tertiary/aromatic N) is 3. The highest BCUT2D eigenvalue weighted by Gasteiger charge is 2.27. The Morgan fingerprint density at radius 2 is 2.41 bits per heavy atom. The average Bonchev–Trinajstić information content (AvgIpc) is 2.94. The summed E-state index contributed by atoms with van der Waals surface area (Å²) in [6, 6.07) is 1.89. The number of carbonyl (C=O) groups is 1. The number of carbonyl (C=O) groups excluding carboxylic acids is 1. The molecular formula is C12H20N4O. The predicted molar refractivity (Wildman–Crippen MR) is 65.7 cm³/mol. The summed E-state index contributed by atoms with van der Waals surface area (Å²) in [7, 11) is 1.82. The van der Waals surface area contributed by atoms with Crippen LogP contribution in [0.1, 0.15) is 29.5 Å². The zero-order valence-electron chi connectivity index (χ0n) is 10.5. The number of hydrogen-bond acceptors (Lipinski definition) is 3. The Labute approximate surface area is 102 Å². The molecule has 1 aromatic rings. The third kappa shape index (κ3) is 2.34. The lowest BCUT2D eigenvalue weighted by atomic mass is 10.1. The first-order valence-electron chi connectivity index (χ1n) is 6.18. The van der Waals surface area contributed by atoms with Crippen LogP contribution in [0.2, 0.25) is 0 Å². The number of rotatable bonds is 3. The van der Waals surface area contributed by atoms with Gasteiger partial charge in [-0.2, -0.15) is 5.10 Å². The van der Waals surface area contributed by atoms with Crippen LogP contribution in [0.3, 0.4) is 0 Å². The van der Waals surface area contributed by atoms with Crippen LogP contribution in [-0.4, -0.2) is 40.2 Å². The first-order chi connectivity index (χ1) is 8.15. The van der Waals surface area contributed by atoms with Gasteiger partial charge in [-0.15, -0.1) is 0 Å². The normalized spacial score (nSPS) is 19.9. The van der Waals surface area contributed by atoms with Crippen molar-refractivity contribution in [3.8, 4) is 0 Å². The molecule has 0 radical (unpaired) electrons. The maximum absolute atomic E-state index is 12.3. The highest BCUT2D eigenvalue weighted by Crippen LogP contribution is 2.18. The molecule has 1 saturated heterocycles. The van der Waals surface area contributed by atoms with Gasteiger partial charge in [0.2, 0.25) is 0 Å². The van der Waals surface area contributed by atoms with Gasteiger partial charge in [0.15, 0.2) is 0 Å². The second-order valence-corrected chi connectivity index (χ2v) is 4.64. The monoisotopic (exact) mass is 236 g/mol. The van der Waals surface area contributed by atoms with Crippen molar-refractivity contribution in [2.24, 2.45) is 18.7 Å². The first kappa shape index (κ1) is 12.1. The number of likely N-dealkylation sites (tertiary alicyclic amines) is 1. The van der Waals surface area contributed by atoms with Gasteiger partial charge in [0.1, 0.15) is 5.69 Å². The molecule has 94 valence electrons. The summed E-state index contributed by atoms with van der Waals surface area (Å²) in [6.07, 6.45) is 1.87. The fourth-order valence-electron chi connectivity index (χ4n) is 2.27. The van der Waals surface area contributed by atoms with Gasteiger partial charge in [-0.05, 0) is 31.4 Å². The lowest BCUT2D eigenvalue weighted by Gasteiger charge is -2.15. The van der Waals surface area contributed by atoms with Crippen molar-refractivity contribution in [1.82, 2.24) is 14.7 Å². The van der Waals surface area contributed by atoms with Gasteiger partial charge in [0.25, 0.3) is 5.91 Å². The summed E-state index contributed by atoms with van der Waals surface area (Å²) >= 11 is 0. The van der Waals surface area contributed by atoms with Crippen LogP contribution in [0, 0.1) is 5.92 Å². The first-order valence-corrected chi connectivity index (χ1v) is 6.18. The van der Waals surface area contributed by atoms with Crippen molar-refractivity contribution in [2.45, 2.75) is 19.8 Å².